The molecule has 2 bridgehead atoms. The molecule has 1 aromatic carbocycles. The van der Waals surface area contributed by atoms with Crippen molar-refractivity contribution in [2.24, 2.45) is 11.8 Å². The molecular formula is C16H21NO. The largest absolute Gasteiger partial charge is 0.353 e. The molecule has 3 rings (SSSR count). The van der Waals surface area contributed by atoms with Crippen molar-refractivity contribution in [3.8, 4) is 0 Å². The molecule has 0 heterocycles. The third-order valence-corrected chi connectivity index (χ3v) is 4.57. The van der Waals surface area contributed by atoms with Crippen LogP contribution < -0.4 is 5.32 Å². The fraction of sp³-hybridized carbons (Fsp3) is 0.562. The number of hydrogen-bond donors (Lipinski definition) is 1. The third kappa shape index (κ3) is 2.43. The minimum Gasteiger partial charge on any atom is -0.353 e. The van der Waals surface area contributed by atoms with Crippen LogP contribution in [-0.4, -0.2) is 11.9 Å². The third-order valence-electron chi connectivity index (χ3n) is 4.57. The van der Waals surface area contributed by atoms with Crippen molar-refractivity contribution in [2.75, 3.05) is 0 Å². The highest BCUT2D eigenvalue weighted by atomic mass is 16.1. The molecule has 1 N–H and O–H groups in total. The van der Waals surface area contributed by atoms with Gasteiger partial charge in [0.2, 0.25) is 5.91 Å². The predicted octanol–water partition coefficient (Wildman–Crippen LogP) is 2.84. The maximum absolute atomic E-state index is 12.0. The average molecular weight is 243 g/mol. The van der Waals surface area contributed by atoms with Gasteiger partial charge in [-0.3, -0.25) is 4.79 Å². The lowest BCUT2D eigenvalue weighted by Gasteiger charge is -2.22. The van der Waals surface area contributed by atoms with Gasteiger partial charge >= 0.3 is 0 Å². The fourth-order valence-corrected chi connectivity index (χ4v) is 3.57. The first-order chi connectivity index (χ1) is 8.70. The number of rotatable bonds is 3. The summed E-state index contributed by atoms with van der Waals surface area (Å²) in [5.41, 5.74) is 2.36. The van der Waals surface area contributed by atoms with Crippen molar-refractivity contribution in [3.63, 3.8) is 0 Å². The smallest absolute Gasteiger partial charge is 0.224 e. The van der Waals surface area contributed by atoms with Gasteiger partial charge in [-0.05, 0) is 43.6 Å². The van der Waals surface area contributed by atoms with Gasteiger partial charge in [-0.25, -0.2) is 0 Å². The SMILES string of the molecule is Cc1ccc(CC(=O)N[C@H]2C[C@H]3CC[C@H]2C3)cc1. The van der Waals surface area contributed by atoms with Crippen molar-refractivity contribution < 1.29 is 4.79 Å². The van der Waals surface area contributed by atoms with Gasteiger partial charge in [-0.1, -0.05) is 36.2 Å². The van der Waals surface area contributed by atoms with Gasteiger partial charge in [0, 0.05) is 6.04 Å². The minimum atomic E-state index is 0.191. The Kier molecular flexibility index (Phi) is 3.11. The summed E-state index contributed by atoms with van der Waals surface area (Å²) in [7, 11) is 0. The molecule has 2 heteroatoms. The number of benzene rings is 1. The van der Waals surface area contributed by atoms with Crippen LogP contribution >= 0.6 is 0 Å². The molecule has 0 aliphatic heterocycles. The van der Waals surface area contributed by atoms with E-state index in [9.17, 15) is 4.79 Å². The summed E-state index contributed by atoms with van der Waals surface area (Å²) in [6.45, 7) is 2.07. The van der Waals surface area contributed by atoms with Crippen molar-refractivity contribution in [3.05, 3.63) is 35.4 Å². The van der Waals surface area contributed by atoms with Gasteiger partial charge in [-0.2, -0.15) is 0 Å². The van der Waals surface area contributed by atoms with Crippen molar-refractivity contribution in [1.82, 2.24) is 5.32 Å². The molecule has 3 atom stereocenters. The van der Waals surface area contributed by atoms with Crippen LogP contribution in [0.1, 0.15) is 36.8 Å². The van der Waals surface area contributed by atoms with E-state index in [0.717, 1.165) is 17.4 Å². The second-order valence-electron chi connectivity index (χ2n) is 6.01. The number of hydrogen-bond acceptors (Lipinski definition) is 1. The molecule has 0 radical (unpaired) electrons. The topological polar surface area (TPSA) is 29.1 Å². The lowest BCUT2D eigenvalue weighted by molar-refractivity contribution is -0.121. The Morgan fingerprint density at radius 2 is 2.00 bits per heavy atom. The molecular weight excluding hydrogens is 222 g/mol. The number of carbonyl (C=O) groups is 1. The first kappa shape index (κ1) is 11.8. The van der Waals surface area contributed by atoms with E-state index in [1.165, 1.54) is 31.2 Å². The molecule has 0 spiro atoms. The number of amides is 1. The molecule has 2 fully saturated rings. The highest BCUT2D eigenvalue weighted by Crippen LogP contribution is 2.44. The quantitative estimate of drug-likeness (QED) is 0.869. The molecule has 96 valence electrons. The van der Waals surface area contributed by atoms with Crippen LogP contribution in [0.5, 0.6) is 0 Å². The maximum Gasteiger partial charge on any atom is 0.224 e. The zero-order valence-electron chi connectivity index (χ0n) is 11.0. The monoisotopic (exact) mass is 243 g/mol. The Hall–Kier alpha value is -1.31. The number of carbonyl (C=O) groups excluding carboxylic acids is 1. The van der Waals surface area contributed by atoms with Gasteiger partial charge < -0.3 is 5.32 Å². The van der Waals surface area contributed by atoms with E-state index in [4.69, 9.17) is 0 Å². The summed E-state index contributed by atoms with van der Waals surface area (Å²) in [5, 5.41) is 3.23. The lowest BCUT2D eigenvalue weighted by atomic mass is 9.95. The van der Waals surface area contributed by atoms with Gasteiger partial charge in [0.1, 0.15) is 0 Å². The second-order valence-corrected chi connectivity index (χ2v) is 6.01. The average Bonchev–Trinajstić information content (AvgIpc) is 2.94. The highest BCUT2D eigenvalue weighted by Gasteiger charge is 2.39. The molecule has 18 heavy (non-hydrogen) atoms. The number of nitrogens with one attached hydrogen (secondary N) is 1. The van der Waals surface area contributed by atoms with Crippen LogP contribution in [0.15, 0.2) is 24.3 Å². The zero-order chi connectivity index (χ0) is 12.5. The molecule has 1 aromatic rings. The van der Waals surface area contributed by atoms with E-state index >= 15 is 0 Å². The van der Waals surface area contributed by atoms with E-state index in [-0.39, 0.29) is 5.91 Å². The van der Waals surface area contributed by atoms with Crippen LogP contribution in [0.25, 0.3) is 0 Å². The Morgan fingerprint density at radius 3 is 2.61 bits per heavy atom. The predicted molar refractivity (Wildman–Crippen MR) is 72.3 cm³/mol. The van der Waals surface area contributed by atoms with Crippen LogP contribution in [0.4, 0.5) is 0 Å². The van der Waals surface area contributed by atoms with Crippen LogP contribution in [-0.2, 0) is 11.2 Å². The molecule has 0 saturated heterocycles. The van der Waals surface area contributed by atoms with Crippen molar-refractivity contribution in [2.45, 2.75) is 45.1 Å². The highest BCUT2D eigenvalue weighted by molar-refractivity contribution is 5.79. The van der Waals surface area contributed by atoms with Crippen LogP contribution in [0.2, 0.25) is 0 Å². The van der Waals surface area contributed by atoms with Gasteiger partial charge in [0.25, 0.3) is 0 Å². The van der Waals surface area contributed by atoms with Gasteiger partial charge in [0.15, 0.2) is 0 Å². The van der Waals surface area contributed by atoms with Gasteiger partial charge in [-0.15, -0.1) is 0 Å². The van der Waals surface area contributed by atoms with Crippen LogP contribution in [0.3, 0.4) is 0 Å². The molecule has 2 nitrogen and oxygen atoms in total. The van der Waals surface area contributed by atoms with Crippen molar-refractivity contribution in [1.29, 1.82) is 0 Å². The molecule has 0 aromatic heterocycles. The molecule has 2 aliphatic rings. The summed E-state index contributed by atoms with van der Waals surface area (Å²) < 4.78 is 0. The Bertz CT molecular complexity index is 437. The number of aryl methyl sites for hydroxylation is 1. The second kappa shape index (κ2) is 4.75. The van der Waals surface area contributed by atoms with Gasteiger partial charge in [0.05, 0.1) is 6.42 Å². The normalized spacial score (nSPS) is 29.5. The van der Waals surface area contributed by atoms with E-state index < -0.39 is 0 Å². The first-order valence-corrected chi connectivity index (χ1v) is 7.05. The summed E-state index contributed by atoms with van der Waals surface area (Å²) in [6, 6.07) is 8.70. The summed E-state index contributed by atoms with van der Waals surface area (Å²) in [6.07, 6.45) is 5.78. The first-order valence-electron chi connectivity index (χ1n) is 7.05. The molecule has 2 saturated carbocycles. The van der Waals surface area contributed by atoms with Crippen LogP contribution in [0, 0.1) is 18.8 Å². The Balaban J connectivity index is 1.54. The van der Waals surface area contributed by atoms with Crippen molar-refractivity contribution >= 4 is 5.91 Å². The molecule has 0 unspecified atom stereocenters. The summed E-state index contributed by atoms with van der Waals surface area (Å²) in [5.74, 6) is 1.84. The van der Waals surface area contributed by atoms with E-state index in [0.29, 0.717) is 12.5 Å². The molecule has 2 aliphatic carbocycles. The maximum atomic E-state index is 12.0. The van der Waals surface area contributed by atoms with E-state index in [1.54, 1.807) is 0 Å². The minimum absolute atomic E-state index is 0.191. The summed E-state index contributed by atoms with van der Waals surface area (Å²) >= 11 is 0. The van der Waals surface area contributed by atoms with E-state index in [2.05, 4.69) is 36.5 Å². The Morgan fingerprint density at radius 1 is 1.22 bits per heavy atom. The lowest BCUT2D eigenvalue weighted by Crippen LogP contribution is -2.39. The fourth-order valence-electron chi connectivity index (χ4n) is 3.57. The Labute approximate surface area is 109 Å². The van der Waals surface area contributed by atoms with E-state index in [1.807, 2.05) is 0 Å². The standard InChI is InChI=1S/C16H21NO/c1-11-2-4-12(5-3-11)10-16(18)17-15-9-13-6-7-14(15)8-13/h2-5,13-15H,6-10H2,1H3,(H,17,18)/t13-,14-,15-/m0/s1. The summed E-state index contributed by atoms with van der Waals surface area (Å²) in [4.78, 5) is 12.0. The molecule has 1 amide bonds. The number of fused-ring (bicyclic) bond motifs is 2. The zero-order valence-corrected chi connectivity index (χ0v) is 11.0.